The lowest BCUT2D eigenvalue weighted by Gasteiger charge is -2.13. The lowest BCUT2D eigenvalue weighted by Crippen LogP contribution is -2.23. The zero-order valence-electron chi connectivity index (χ0n) is 15.8. The summed E-state index contributed by atoms with van der Waals surface area (Å²) >= 11 is 0. The molecule has 0 unspecified atom stereocenters. The summed E-state index contributed by atoms with van der Waals surface area (Å²) in [6.07, 6.45) is 6.33. The standard InChI is InChI=1S/C21H21N5O3/c27-21(15-8-10-18(11-9-15)26(28)29)23-14-16-13-20(19-7-3-4-12-22-19)25(24-16)17-5-1-2-6-17/h3-4,7-13,17H,1-2,5-6,14H2,(H,23,27). The maximum absolute atomic E-state index is 12.4. The summed E-state index contributed by atoms with van der Waals surface area (Å²) in [7, 11) is 0. The molecule has 1 aliphatic carbocycles. The van der Waals surface area contributed by atoms with Crippen LogP contribution in [0.2, 0.25) is 0 Å². The fourth-order valence-electron chi connectivity index (χ4n) is 3.67. The molecule has 1 saturated carbocycles. The third kappa shape index (κ3) is 4.16. The molecule has 8 nitrogen and oxygen atoms in total. The average molecular weight is 391 g/mol. The van der Waals surface area contributed by atoms with Crippen molar-refractivity contribution in [2.24, 2.45) is 0 Å². The van der Waals surface area contributed by atoms with Crippen LogP contribution in [-0.4, -0.2) is 25.6 Å². The molecule has 8 heteroatoms. The number of amides is 1. The van der Waals surface area contributed by atoms with Gasteiger partial charge in [0.25, 0.3) is 11.6 Å². The largest absolute Gasteiger partial charge is 0.346 e. The van der Waals surface area contributed by atoms with Crippen molar-refractivity contribution in [1.29, 1.82) is 0 Å². The third-order valence-electron chi connectivity index (χ3n) is 5.15. The minimum Gasteiger partial charge on any atom is -0.346 e. The average Bonchev–Trinajstić information content (AvgIpc) is 3.42. The smallest absolute Gasteiger partial charge is 0.269 e. The zero-order valence-corrected chi connectivity index (χ0v) is 15.8. The predicted octanol–water partition coefficient (Wildman–Crippen LogP) is 3.90. The van der Waals surface area contributed by atoms with Crippen LogP contribution in [0.3, 0.4) is 0 Å². The molecule has 2 aromatic heterocycles. The van der Waals surface area contributed by atoms with Crippen molar-refractivity contribution < 1.29 is 9.72 Å². The summed E-state index contributed by atoms with van der Waals surface area (Å²) in [6.45, 7) is 0.273. The number of carbonyl (C=O) groups excluding carboxylic acids is 1. The van der Waals surface area contributed by atoms with Gasteiger partial charge in [0.15, 0.2) is 0 Å². The summed E-state index contributed by atoms with van der Waals surface area (Å²) in [4.78, 5) is 27.1. The van der Waals surface area contributed by atoms with E-state index in [-0.39, 0.29) is 18.1 Å². The number of hydrogen-bond donors (Lipinski definition) is 1. The van der Waals surface area contributed by atoms with Gasteiger partial charge in [-0.3, -0.25) is 24.6 Å². The zero-order chi connectivity index (χ0) is 20.2. The molecule has 0 atom stereocenters. The molecule has 1 amide bonds. The number of nitro benzene ring substituents is 1. The SMILES string of the molecule is O=C(NCc1cc(-c2ccccn2)n(C2CCCC2)n1)c1ccc([N+](=O)[O-])cc1. The van der Waals surface area contributed by atoms with Crippen molar-refractivity contribution in [1.82, 2.24) is 20.1 Å². The molecule has 2 heterocycles. The monoisotopic (exact) mass is 391 g/mol. The van der Waals surface area contributed by atoms with Crippen molar-refractivity contribution in [3.63, 3.8) is 0 Å². The molecule has 0 saturated heterocycles. The van der Waals surface area contributed by atoms with Gasteiger partial charge in [0.05, 0.1) is 34.6 Å². The van der Waals surface area contributed by atoms with Crippen LogP contribution in [0.5, 0.6) is 0 Å². The number of nitro groups is 1. The molecule has 0 spiro atoms. The minimum absolute atomic E-state index is 0.0446. The molecule has 4 rings (SSSR count). The van der Waals surface area contributed by atoms with Crippen molar-refractivity contribution >= 4 is 11.6 Å². The summed E-state index contributed by atoms with van der Waals surface area (Å²) < 4.78 is 2.04. The maximum Gasteiger partial charge on any atom is 0.269 e. The lowest BCUT2D eigenvalue weighted by atomic mass is 10.2. The van der Waals surface area contributed by atoms with E-state index in [1.54, 1.807) is 6.20 Å². The van der Waals surface area contributed by atoms with Gasteiger partial charge in [0.2, 0.25) is 0 Å². The Kier molecular flexibility index (Phi) is 5.33. The first-order chi connectivity index (χ1) is 14.1. The molecule has 0 aliphatic heterocycles. The van der Waals surface area contributed by atoms with E-state index >= 15 is 0 Å². The number of nitrogens with one attached hydrogen (secondary N) is 1. The Bertz CT molecular complexity index is 1010. The Labute approximate surface area is 167 Å². The van der Waals surface area contributed by atoms with Crippen LogP contribution in [0.4, 0.5) is 5.69 Å². The highest BCUT2D eigenvalue weighted by Gasteiger charge is 2.22. The predicted molar refractivity (Wildman–Crippen MR) is 107 cm³/mol. The van der Waals surface area contributed by atoms with Gasteiger partial charge >= 0.3 is 0 Å². The molecule has 0 bridgehead atoms. The van der Waals surface area contributed by atoms with E-state index in [0.717, 1.165) is 29.9 Å². The van der Waals surface area contributed by atoms with Crippen LogP contribution in [0, 0.1) is 10.1 Å². The fourth-order valence-corrected chi connectivity index (χ4v) is 3.67. The summed E-state index contributed by atoms with van der Waals surface area (Å²) in [5.74, 6) is -0.297. The minimum atomic E-state index is -0.490. The number of rotatable bonds is 6. The van der Waals surface area contributed by atoms with Crippen molar-refractivity contribution in [2.45, 2.75) is 38.3 Å². The number of aromatic nitrogens is 3. The van der Waals surface area contributed by atoms with E-state index in [9.17, 15) is 14.9 Å². The quantitative estimate of drug-likeness (QED) is 0.507. The van der Waals surface area contributed by atoms with E-state index < -0.39 is 4.92 Å². The summed E-state index contributed by atoms with van der Waals surface area (Å²) in [6, 6.07) is 13.7. The molecule has 1 fully saturated rings. The van der Waals surface area contributed by atoms with Gasteiger partial charge in [-0.25, -0.2) is 0 Å². The van der Waals surface area contributed by atoms with Crippen LogP contribution in [-0.2, 0) is 6.54 Å². The van der Waals surface area contributed by atoms with E-state index in [1.807, 2.05) is 28.9 Å². The number of carbonyl (C=O) groups is 1. The van der Waals surface area contributed by atoms with Crippen LogP contribution in [0.25, 0.3) is 11.4 Å². The van der Waals surface area contributed by atoms with E-state index in [0.29, 0.717) is 11.6 Å². The normalized spacial score (nSPS) is 14.1. The highest BCUT2D eigenvalue weighted by molar-refractivity contribution is 5.94. The number of nitrogens with zero attached hydrogens (tertiary/aromatic N) is 4. The van der Waals surface area contributed by atoms with E-state index in [2.05, 4.69) is 10.3 Å². The third-order valence-corrected chi connectivity index (χ3v) is 5.15. The Morgan fingerprint density at radius 1 is 1.17 bits per heavy atom. The number of non-ortho nitro benzene ring substituents is 1. The summed E-state index contributed by atoms with van der Waals surface area (Å²) in [5, 5.41) is 18.3. The molecular formula is C21H21N5O3. The van der Waals surface area contributed by atoms with E-state index in [1.165, 1.54) is 37.1 Å². The first-order valence-electron chi connectivity index (χ1n) is 9.64. The molecule has 1 aliphatic rings. The topological polar surface area (TPSA) is 103 Å². The first-order valence-corrected chi connectivity index (χ1v) is 9.64. The van der Waals surface area contributed by atoms with Crippen LogP contribution in [0.15, 0.2) is 54.7 Å². The Balaban J connectivity index is 1.51. The maximum atomic E-state index is 12.4. The van der Waals surface area contributed by atoms with Gasteiger partial charge < -0.3 is 5.32 Å². The van der Waals surface area contributed by atoms with Gasteiger partial charge in [-0.15, -0.1) is 0 Å². The van der Waals surface area contributed by atoms with Crippen molar-refractivity contribution in [2.75, 3.05) is 0 Å². The number of hydrogen-bond acceptors (Lipinski definition) is 5. The van der Waals surface area contributed by atoms with Gasteiger partial charge in [-0.05, 0) is 43.2 Å². The second-order valence-electron chi connectivity index (χ2n) is 7.11. The molecule has 3 aromatic rings. The second-order valence-corrected chi connectivity index (χ2v) is 7.11. The van der Waals surface area contributed by atoms with Gasteiger partial charge in [0, 0.05) is 23.9 Å². The van der Waals surface area contributed by atoms with Gasteiger partial charge in [-0.2, -0.15) is 5.10 Å². The number of benzene rings is 1. The molecule has 148 valence electrons. The molecule has 1 N–H and O–H groups in total. The van der Waals surface area contributed by atoms with Crippen LogP contribution in [0.1, 0.15) is 47.8 Å². The Morgan fingerprint density at radius 2 is 1.93 bits per heavy atom. The van der Waals surface area contributed by atoms with E-state index in [4.69, 9.17) is 5.10 Å². The Morgan fingerprint density at radius 3 is 2.59 bits per heavy atom. The molecule has 1 aromatic carbocycles. The summed E-state index contributed by atoms with van der Waals surface area (Å²) in [5.41, 5.74) is 2.90. The molecule has 29 heavy (non-hydrogen) atoms. The Hall–Kier alpha value is -3.55. The highest BCUT2D eigenvalue weighted by atomic mass is 16.6. The van der Waals surface area contributed by atoms with Gasteiger partial charge in [-0.1, -0.05) is 18.9 Å². The van der Waals surface area contributed by atoms with Crippen LogP contribution < -0.4 is 5.32 Å². The molecular weight excluding hydrogens is 370 g/mol. The lowest BCUT2D eigenvalue weighted by molar-refractivity contribution is -0.384. The number of pyridine rings is 1. The fraction of sp³-hybridized carbons (Fsp3) is 0.286. The second kappa shape index (κ2) is 8.22. The van der Waals surface area contributed by atoms with Crippen LogP contribution >= 0.6 is 0 Å². The van der Waals surface area contributed by atoms with Crippen molar-refractivity contribution in [3.05, 3.63) is 76.1 Å². The first kappa shape index (κ1) is 18.8. The van der Waals surface area contributed by atoms with Gasteiger partial charge in [0.1, 0.15) is 0 Å². The highest BCUT2D eigenvalue weighted by Crippen LogP contribution is 2.33. The molecule has 0 radical (unpaired) electrons. The van der Waals surface area contributed by atoms with Crippen molar-refractivity contribution in [3.8, 4) is 11.4 Å².